The van der Waals surface area contributed by atoms with E-state index in [0.29, 0.717) is 21.9 Å². The highest BCUT2D eigenvalue weighted by Crippen LogP contribution is 2.36. The molecule has 0 aliphatic carbocycles. The van der Waals surface area contributed by atoms with Crippen molar-refractivity contribution < 1.29 is 9.47 Å². The molecular formula is C11H10BrN5O2. The van der Waals surface area contributed by atoms with Crippen LogP contribution in [0.5, 0.6) is 11.5 Å². The van der Waals surface area contributed by atoms with E-state index in [9.17, 15) is 0 Å². The molecule has 1 aromatic heterocycles. The fraction of sp³-hybridized carbons (Fsp3) is 0.0909. The first-order valence-electron chi connectivity index (χ1n) is 5.41. The Labute approximate surface area is 117 Å². The first-order chi connectivity index (χ1) is 9.28. The van der Waals surface area contributed by atoms with Crippen LogP contribution in [0, 0.1) is 0 Å². The molecular weight excluding hydrogens is 314 g/mol. The molecule has 0 spiro atoms. The molecule has 4 N–H and O–H groups in total. The zero-order chi connectivity index (χ0) is 13.2. The summed E-state index contributed by atoms with van der Waals surface area (Å²) in [7, 11) is 0. The largest absolute Gasteiger partial charge is 0.454 e. The predicted octanol–water partition coefficient (Wildman–Crippen LogP) is 2.00. The maximum Gasteiger partial charge on any atom is 0.231 e. The van der Waals surface area contributed by atoms with Gasteiger partial charge in [-0.2, -0.15) is 0 Å². The third-order valence-electron chi connectivity index (χ3n) is 2.56. The van der Waals surface area contributed by atoms with Crippen LogP contribution in [-0.4, -0.2) is 16.8 Å². The van der Waals surface area contributed by atoms with Crippen molar-refractivity contribution in [1.82, 2.24) is 9.97 Å². The van der Waals surface area contributed by atoms with Crippen LogP contribution < -0.4 is 26.1 Å². The third kappa shape index (κ3) is 2.27. The molecule has 1 aliphatic rings. The number of nitrogens with one attached hydrogen (secondary N) is 2. The third-order valence-corrected chi connectivity index (χ3v) is 3.31. The molecule has 0 fully saturated rings. The molecule has 0 atom stereocenters. The Morgan fingerprint density at radius 1 is 1.16 bits per heavy atom. The number of benzene rings is 1. The topological polar surface area (TPSA) is 94.3 Å². The fourth-order valence-corrected chi connectivity index (χ4v) is 2.09. The molecule has 19 heavy (non-hydrogen) atoms. The number of nitrogens with zero attached hydrogens (tertiary/aromatic N) is 2. The summed E-state index contributed by atoms with van der Waals surface area (Å²) in [5.41, 5.74) is 3.31. The number of rotatable bonds is 3. The first-order valence-corrected chi connectivity index (χ1v) is 6.21. The van der Waals surface area contributed by atoms with Crippen LogP contribution in [0.15, 0.2) is 29.0 Å². The van der Waals surface area contributed by atoms with Gasteiger partial charge in [-0.3, -0.25) is 0 Å². The summed E-state index contributed by atoms with van der Waals surface area (Å²) in [5, 5.41) is 3.15. The fourth-order valence-electron chi connectivity index (χ4n) is 1.67. The monoisotopic (exact) mass is 323 g/mol. The van der Waals surface area contributed by atoms with E-state index in [0.717, 1.165) is 11.4 Å². The molecule has 0 amide bonds. The molecule has 8 heteroatoms. The highest BCUT2D eigenvalue weighted by molar-refractivity contribution is 9.10. The second kappa shape index (κ2) is 4.90. The molecule has 0 saturated carbocycles. The van der Waals surface area contributed by atoms with Crippen molar-refractivity contribution in [3.8, 4) is 11.5 Å². The van der Waals surface area contributed by atoms with Crippen molar-refractivity contribution in [3.63, 3.8) is 0 Å². The number of nitrogen functional groups attached to an aromatic ring is 1. The van der Waals surface area contributed by atoms with Crippen LogP contribution >= 0.6 is 15.9 Å². The highest BCUT2D eigenvalue weighted by Gasteiger charge is 2.14. The summed E-state index contributed by atoms with van der Waals surface area (Å²) < 4.78 is 11.2. The molecule has 2 heterocycles. The van der Waals surface area contributed by atoms with Gasteiger partial charge in [0.1, 0.15) is 16.6 Å². The molecule has 2 aromatic rings. The quantitative estimate of drug-likeness (QED) is 0.587. The van der Waals surface area contributed by atoms with Gasteiger partial charge >= 0.3 is 0 Å². The summed E-state index contributed by atoms with van der Waals surface area (Å²) in [6.07, 6.45) is 1.41. The zero-order valence-corrected chi connectivity index (χ0v) is 11.3. The lowest BCUT2D eigenvalue weighted by Crippen LogP contribution is -2.10. The van der Waals surface area contributed by atoms with E-state index >= 15 is 0 Å². The molecule has 1 aliphatic heterocycles. The lowest BCUT2D eigenvalue weighted by molar-refractivity contribution is 0.174. The Hall–Kier alpha value is -2.06. The Bertz CT molecular complexity index is 622. The first kappa shape index (κ1) is 12.0. The van der Waals surface area contributed by atoms with Gasteiger partial charge in [0.15, 0.2) is 17.3 Å². The number of ether oxygens (including phenoxy) is 2. The van der Waals surface area contributed by atoms with Crippen LogP contribution in [0.3, 0.4) is 0 Å². The standard InChI is InChI=1S/C11H10BrN5O2/c12-9-10(14-4-15-11(9)17-13)16-6-1-2-7-8(3-6)19-5-18-7/h1-4H,5,13H2,(H2,14,15,16,17). The lowest BCUT2D eigenvalue weighted by atomic mass is 10.3. The molecule has 98 valence electrons. The van der Waals surface area contributed by atoms with Crippen molar-refractivity contribution >= 4 is 33.3 Å². The Balaban J connectivity index is 1.89. The second-order valence-corrected chi connectivity index (χ2v) is 4.52. The lowest BCUT2D eigenvalue weighted by Gasteiger charge is -2.10. The van der Waals surface area contributed by atoms with Crippen molar-refractivity contribution in [2.24, 2.45) is 5.84 Å². The number of nitrogens with two attached hydrogens (primary N) is 1. The molecule has 1 aromatic carbocycles. The average molecular weight is 324 g/mol. The number of hydrogen-bond donors (Lipinski definition) is 3. The minimum Gasteiger partial charge on any atom is -0.454 e. The molecule has 0 saturated heterocycles. The Kier molecular flexibility index (Phi) is 3.10. The van der Waals surface area contributed by atoms with Gasteiger partial charge in [-0.1, -0.05) is 0 Å². The average Bonchev–Trinajstić information content (AvgIpc) is 2.88. The van der Waals surface area contributed by atoms with Crippen LogP contribution in [0.1, 0.15) is 0 Å². The number of halogens is 1. The van der Waals surface area contributed by atoms with E-state index in [2.05, 4.69) is 36.6 Å². The Morgan fingerprint density at radius 3 is 2.79 bits per heavy atom. The maximum absolute atomic E-state index is 5.35. The van der Waals surface area contributed by atoms with Crippen LogP contribution in [0.2, 0.25) is 0 Å². The van der Waals surface area contributed by atoms with Crippen molar-refractivity contribution in [1.29, 1.82) is 0 Å². The van der Waals surface area contributed by atoms with Gasteiger partial charge in [0.05, 0.1) is 0 Å². The van der Waals surface area contributed by atoms with Gasteiger partial charge in [-0.15, -0.1) is 0 Å². The smallest absolute Gasteiger partial charge is 0.231 e. The predicted molar refractivity (Wildman–Crippen MR) is 73.4 cm³/mol. The van der Waals surface area contributed by atoms with Gasteiger partial charge in [0.25, 0.3) is 0 Å². The molecule has 0 bridgehead atoms. The van der Waals surface area contributed by atoms with E-state index in [4.69, 9.17) is 15.3 Å². The van der Waals surface area contributed by atoms with Gasteiger partial charge in [-0.05, 0) is 28.1 Å². The van der Waals surface area contributed by atoms with Crippen LogP contribution in [-0.2, 0) is 0 Å². The summed E-state index contributed by atoms with van der Waals surface area (Å²) in [6, 6.07) is 5.55. The van der Waals surface area contributed by atoms with Crippen molar-refractivity contribution in [3.05, 3.63) is 29.0 Å². The number of hydrazine groups is 1. The van der Waals surface area contributed by atoms with Gasteiger partial charge in [0, 0.05) is 11.8 Å². The van der Waals surface area contributed by atoms with E-state index in [1.165, 1.54) is 6.33 Å². The van der Waals surface area contributed by atoms with Crippen molar-refractivity contribution in [2.75, 3.05) is 17.5 Å². The number of anilines is 3. The SMILES string of the molecule is NNc1ncnc(Nc2ccc3c(c2)OCO3)c1Br. The summed E-state index contributed by atoms with van der Waals surface area (Å²) in [5.74, 6) is 7.88. The number of aromatic nitrogens is 2. The minimum atomic E-state index is 0.247. The van der Waals surface area contributed by atoms with E-state index in [-0.39, 0.29) is 6.79 Å². The highest BCUT2D eigenvalue weighted by atomic mass is 79.9. The summed E-state index contributed by atoms with van der Waals surface area (Å²) in [4.78, 5) is 8.12. The number of hydrogen-bond acceptors (Lipinski definition) is 7. The number of fused-ring (bicyclic) bond motifs is 1. The molecule has 3 rings (SSSR count). The van der Waals surface area contributed by atoms with E-state index in [1.807, 2.05) is 18.2 Å². The minimum absolute atomic E-state index is 0.247. The van der Waals surface area contributed by atoms with Crippen LogP contribution in [0.25, 0.3) is 0 Å². The second-order valence-electron chi connectivity index (χ2n) is 3.72. The molecule has 0 radical (unpaired) electrons. The summed E-state index contributed by atoms with van der Waals surface area (Å²) in [6.45, 7) is 0.247. The van der Waals surface area contributed by atoms with Gasteiger partial charge < -0.3 is 20.2 Å². The van der Waals surface area contributed by atoms with Crippen LogP contribution in [0.4, 0.5) is 17.3 Å². The Morgan fingerprint density at radius 2 is 1.95 bits per heavy atom. The van der Waals surface area contributed by atoms with Gasteiger partial charge in [0.2, 0.25) is 6.79 Å². The molecule has 7 nitrogen and oxygen atoms in total. The van der Waals surface area contributed by atoms with E-state index in [1.54, 1.807) is 0 Å². The normalized spacial score (nSPS) is 12.3. The van der Waals surface area contributed by atoms with Crippen molar-refractivity contribution in [2.45, 2.75) is 0 Å². The van der Waals surface area contributed by atoms with Gasteiger partial charge in [-0.25, -0.2) is 15.8 Å². The van der Waals surface area contributed by atoms with E-state index < -0.39 is 0 Å². The maximum atomic E-state index is 5.35. The summed E-state index contributed by atoms with van der Waals surface area (Å²) >= 11 is 3.38. The zero-order valence-electron chi connectivity index (χ0n) is 9.68. The molecule has 0 unspecified atom stereocenters.